The molecule has 0 aromatic heterocycles. The first-order chi connectivity index (χ1) is 15.0. The molecule has 7 heteroatoms. The van der Waals surface area contributed by atoms with E-state index in [1.54, 1.807) is 19.1 Å². The van der Waals surface area contributed by atoms with E-state index in [9.17, 15) is 14.9 Å². The second-order valence-corrected chi connectivity index (χ2v) is 6.97. The predicted octanol–water partition coefficient (Wildman–Crippen LogP) is 5.01. The Hall–Kier alpha value is -3.87. The Kier molecular flexibility index (Phi) is 7.59. The van der Waals surface area contributed by atoms with Crippen molar-refractivity contribution in [1.29, 1.82) is 0 Å². The van der Waals surface area contributed by atoms with Crippen molar-refractivity contribution in [2.45, 2.75) is 25.9 Å². The number of benzene rings is 3. The molecule has 0 bridgehead atoms. The third kappa shape index (κ3) is 6.85. The first kappa shape index (κ1) is 21.8. The van der Waals surface area contributed by atoms with Gasteiger partial charge in [-0.25, -0.2) is 0 Å². The van der Waals surface area contributed by atoms with Crippen LogP contribution in [0.2, 0.25) is 0 Å². The van der Waals surface area contributed by atoms with Crippen molar-refractivity contribution >= 4 is 17.3 Å². The van der Waals surface area contributed by atoms with E-state index in [0.717, 1.165) is 12.8 Å². The number of nitrogens with one attached hydrogen (secondary N) is 1. The van der Waals surface area contributed by atoms with E-state index >= 15 is 0 Å². The molecule has 7 nitrogen and oxygen atoms in total. The molecule has 0 aliphatic carbocycles. The summed E-state index contributed by atoms with van der Waals surface area (Å²) in [5.41, 5.74) is 1.84. The quantitative estimate of drug-likeness (QED) is 0.283. The zero-order valence-electron chi connectivity index (χ0n) is 17.2. The SMILES string of the molecule is CC(Oc1ccc([N+](=O)[O-])cc1)C(=O)Nc1cccc(OCCCc2ccccc2)c1. The van der Waals surface area contributed by atoms with Crippen LogP contribution in [0.1, 0.15) is 18.9 Å². The highest BCUT2D eigenvalue weighted by atomic mass is 16.6. The molecule has 0 saturated heterocycles. The van der Waals surface area contributed by atoms with Crippen molar-refractivity contribution in [3.05, 3.63) is 94.5 Å². The number of rotatable bonds is 10. The Balaban J connectivity index is 1.47. The molecule has 160 valence electrons. The summed E-state index contributed by atoms with van der Waals surface area (Å²) >= 11 is 0. The second-order valence-electron chi connectivity index (χ2n) is 6.97. The van der Waals surface area contributed by atoms with Gasteiger partial charge in [0.1, 0.15) is 11.5 Å². The third-order valence-corrected chi connectivity index (χ3v) is 4.55. The predicted molar refractivity (Wildman–Crippen MR) is 119 cm³/mol. The van der Waals surface area contributed by atoms with Crippen molar-refractivity contribution in [1.82, 2.24) is 0 Å². The van der Waals surface area contributed by atoms with E-state index in [1.807, 2.05) is 30.3 Å². The van der Waals surface area contributed by atoms with Crippen LogP contribution in [-0.2, 0) is 11.2 Å². The number of non-ortho nitro benzene ring substituents is 1. The molecule has 0 aliphatic heterocycles. The molecule has 0 radical (unpaired) electrons. The largest absolute Gasteiger partial charge is 0.494 e. The number of ether oxygens (including phenoxy) is 2. The van der Waals surface area contributed by atoms with Crippen LogP contribution in [-0.4, -0.2) is 23.5 Å². The molecule has 0 saturated carbocycles. The summed E-state index contributed by atoms with van der Waals surface area (Å²) in [5, 5.41) is 13.5. The Labute approximate surface area is 180 Å². The molecule has 3 aromatic rings. The lowest BCUT2D eigenvalue weighted by atomic mass is 10.1. The Morgan fingerprint density at radius 3 is 2.45 bits per heavy atom. The zero-order chi connectivity index (χ0) is 22.1. The summed E-state index contributed by atoms with van der Waals surface area (Å²) in [5.74, 6) is 0.720. The second kappa shape index (κ2) is 10.8. The first-order valence-electron chi connectivity index (χ1n) is 10.00. The minimum absolute atomic E-state index is 0.0370. The lowest BCUT2D eigenvalue weighted by Gasteiger charge is -2.15. The number of aryl methyl sites for hydroxylation is 1. The number of anilines is 1. The zero-order valence-corrected chi connectivity index (χ0v) is 17.2. The van der Waals surface area contributed by atoms with Gasteiger partial charge in [0.15, 0.2) is 6.10 Å². The normalized spacial score (nSPS) is 11.4. The molecule has 3 rings (SSSR count). The maximum atomic E-state index is 12.4. The van der Waals surface area contributed by atoms with Gasteiger partial charge in [-0.2, -0.15) is 0 Å². The van der Waals surface area contributed by atoms with Gasteiger partial charge in [0.05, 0.1) is 11.5 Å². The van der Waals surface area contributed by atoms with Crippen LogP contribution in [0.15, 0.2) is 78.9 Å². The fourth-order valence-corrected chi connectivity index (χ4v) is 2.92. The van der Waals surface area contributed by atoms with Gasteiger partial charge in [0.2, 0.25) is 0 Å². The molecular formula is C24H24N2O5. The number of nitro benzene ring substituents is 1. The van der Waals surface area contributed by atoms with E-state index in [0.29, 0.717) is 23.8 Å². The van der Waals surface area contributed by atoms with E-state index in [1.165, 1.54) is 29.8 Å². The molecule has 0 aliphatic rings. The van der Waals surface area contributed by atoms with E-state index < -0.39 is 11.0 Å². The average molecular weight is 420 g/mol. The van der Waals surface area contributed by atoms with E-state index in [2.05, 4.69) is 17.4 Å². The van der Waals surface area contributed by atoms with Gasteiger partial charge in [-0.15, -0.1) is 0 Å². The number of carbonyl (C=O) groups is 1. The summed E-state index contributed by atoms with van der Waals surface area (Å²) in [7, 11) is 0. The van der Waals surface area contributed by atoms with Crippen molar-refractivity contribution < 1.29 is 19.2 Å². The lowest BCUT2D eigenvalue weighted by Crippen LogP contribution is -2.30. The van der Waals surface area contributed by atoms with Gasteiger partial charge in [0.25, 0.3) is 11.6 Å². The molecule has 0 fully saturated rings. The first-order valence-corrected chi connectivity index (χ1v) is 10.00. The summed E-state index contributed by atoms with van der Waals surface area (Å²) in [6, 6.07) is 23.0. The van der Waals surface area contributed by atoms with Crippen LogP contribution in [0, 0.1) is 10.1 Å². The Bertz CT molecular complexity index is 1010. The fraction of sp³-hybridized carbons (Fsp3) is 0.208. The number of hydrogen-bond acceptors (Lipinski definition) is 5. The van der Waals surface area contributed by atoms with Gasteiger partial charge in [0, 0.05) is 23.9 Å². The topological polar surface area (TPSA) is 90.7 Å². The highest BCUT2D eigenvalue weighted by molar-refractivity contribution is 5.94. The smallest absolute Gasteiger partial charge is 0.269 e. The molecule has 0 heterocycles. The van der Waals surface area contributed by atoms with Crippen LogP contribution in [0.25, 0.3) is 0 Å². The monoisotopic (exact) mass is 420 g/mol. The van der Waals surface area contributed by atoms with E-state index in [4.69, 9.17) is 9.47 Å². The highest BCUT2D eigenvalue weighted by Gasteiger charge is 2.16. The minimum Gasteiger partial charge on any atom is -0.494 e. The van der Waals surface area contributed by atoms with Crippen LogP contribution in [0.4, 0.5) is 11.4 Å². The maximum Gasteiger partial charge on any atom is 0.269 e. The van der Waals surface area contributed by atoms with Crippen LogP contribution >= 0.6 is 0 Å². The van der Waals surface area contributed by atoms with Gasteiger partial charge in [-0.1, -0.05) is 36.4 Å². The molecule has 1 amide bonds. The molecule has 1 N–H and O–H groups in total. The summed E-state index contributed by atoms with van der Waals surface area (Å²) in [4.78, 5) is 22.7. The fourth-order valence-electron chi connectivity index (χ4n) is 2.92. The number of amides is 1. The van der Waals surface area contributed by atoms with Gasteiger partial charge >= 0.3 is 0 Å². The number of hydrogen-bond donors (Lipinski definition) is 1. The molecule has 31 heavy (non-hydrogen) atoms. The summed E-state index contributed by atoms with van der Waals surface area (Å²) in [6.07, 6.45) is 1.05. The number of nitro groups is 1. The molecule has 1 atom stereocenters. The van der Waals surface area contributed by atoms with Crippen LogP contribution in [0.5, 0.6) is 11.5 Å². The standard InChI is InChI=1S/C24H24N2O5/c1-18(31-22-14-12-21(13-15-22)26(28)29)24(27)25-20-10-5-11-23(17-20)30-16-6-9-19-7-3-2-4-8-19/h2-5,7-8,10-15,17-18H,6,9,16H2,1H3,(H,25,27). The molecular weight excluding hydrogens is 396 g/mol. The molecule has 0 spiro atoms. The maximum absolute atomic E-state index is 12.4. The Morgan fingerprint density at radius 2 is 1.74 bits per heavy atom. The van der Waals surface area contributed by atoms with Crippen molar-refractivity contribution in [3.8, 4) is 11.5 Å². The third-order valence-electron chi connectivity index (χ3n) is 4.55. The summed E-state index contributed by atoms with van der Waals surface area (Å²) in [6.45, 7) is 2.19. The van der Waals surface area contributed by atoms with Crippen molar-refractivity contribution in [2.24, 2.45) is 0 Å². The van der Waals surface area contributed by atoms with Crippen molar-refractivity contribution in [2.75, 3.05) is 11.9 Å². The van der Waals surface area contributed by atoms with Gasteiger partial charge in [-0.05, 0) is 49.6 Å². The minimum atomic E-state index is -0.781. The molecule has 1 unspecified atom stereocenters. The van der Waals surface area contributed by atoms with Gasteiger partial charge in [-0.3, -0.25) is 14.9 Å². The molecule has 3 aromatic carbocycles. The van der Waals surface area contributed by atoms with Gasteiger partial charge < -0.3 is 14.8 Å². The van der Waals surface area contributed by atoms with Crippen LogP contribution in [0.3, 0.4) is 0 Å². The number of carbonyl (C=O) groups excluding carboxylic acids is 1. The average Bonchev–Trinajstić information content (AvgIpc) is 2.78. The van der Waals surface area contributed by atoms with Crippen molar-refractivity contribution in [3.63, 3.8) is 0 Å². The number of nitrogens with zero attached hydrogens (tertiary/aromatic N) is 1. The summed E-state index contributed by atoms with van der Waals surface area (Å²) < 4.78 is 11.4. The Morgan fingerprint density at radius 1 is 1.00 bits per heavy atom. The lowest BCUT2D eigenvalue weighted by molar-refractivity contribution is -0.384. The van der Waals surface area contributed by atoms with Crippen LogP contribution < -0.4 is 14.8 Å². The highest BCUT2D eigenvalue weighted by Crippen LogP contribution is 2.20. The van der Waals surface area contributed by atoms with E-state index in [-0.39, 0.29) is 11.6 Å².